The van der Waals surface area contributed by atoms with E-state index in [4.69, 9.17) is 10.00 Å². The number of pyridine rings is 2. The summed E-state index contributed by atoms with van der Waals surface area (Å²) < 4.78 is 22.9. The van der Waals surface area contributed by atoms with Gasteiger partial charge in [0.15, 0.2) is 0 Å². The van der Waals surface area contributed by atoms with Crippen molar-refractivity contribution in [2.24, 2.45) is 0 Å². The Morgan fingerprint density at radius 2 is 2.21 bits per heavy atom. The number of alkyl halides is 1. The lowest BCUT2D eigenvalue weighted by molar-refractivity contribution is 0.0814. The molecule has 10 heteroatoms. The number of amides is 1. The average molecular weight is 481 g/mol. The van der Waals surface area contributed by atoms with Crippen LogP contribution < -0.4 is 10.1 Å². The molecule has 0 aromatic carbocycles. The largest absolute Gasteiger partial charge is 0.473 e. The molecule has 1 atom stereocenters. The first-order valence-electron chi connectivity index (χ1n) is 11.1. The minimum absolute atomic E-state index is 0.0221. The molecule has 1 aliphatic rings. The van der Waals surface area contributed by atoms with Crippen molar-refractivity contribution in [1.82, 2.24) is 19.2 Å². The topological polar surface area (TPSA) is 104 Å². The number of rotatable bonds is 8. The molecule has 0 spiro atoms. The zero-order valence-electron chi connectivity index (χ0n) is 18.8. The van der Waals surface area contributed by atoms with Gasteiger partial charge in [-0.3, -0.25) is 14.7 Å². The van der Waals surface area contributed by atoms with Gasteiger partial charge < -0.3 is 10.1 Å². The molecule has 1 unspecified atom stereocenters. The summed E-state index contributed by atoms with van der Waals surface area (Å²) in [5.41, 5.74) is 2.96. The van der Waals surface area contributed by atoms with Crippen molar-refractivity contribution in [1.29, 1.82) is 5.26 Å². The fourth-order valence-electron chi connectivity index (χ4n) is 3.91. The fraction of sp³-hybridized carbons (Fsp3) is 0.375. The lowest BCUT2D eigenvalue weighted by Crippen LogP contribution is -2.42. The lowest BCUT2D eigenvalue weighted by Gasteiger charge is -2.31. The van der Waals surface area contributed by atoms with Crippen LogP contribution in [-0.2, 0) is 6.42 Å². The van der Waals surface area contributed by atoms with E-state index in [-0.39, 0.29) is 18.7 Å². The van der Waals surface area contributed by atoms with Gasteiger partial charge in [-0.1, -0.05) is 0 Å². The smallest absolute Gasteiger partial charge is 0.258 e. The molecule has 1 N–H and O–H groups in total. The number of carbonyl (C=O) groups excluding carboxylic acids is 1. The number of aromatic nitrogens is 3. The van der Waals surface area contributed by atoms with Crippen LogP contribution >= 0.6 is 11.5 Å². The molecule has 34 heavy (non-hydrogen) atoms. The summed E-state index contributed by atoms with van der Waals surface area (Å²) in [7, 11) is 0. The monoisotopic (exact) mass is 480 g/mol. The number of piperidine rings is 1. The molecule has 1 amide bonds. The van der Waals surface area contributed by atoms with E-state index < -0.39 is 0 Å². The molecule has 0 saturated carbocycles. The molecule has 4 heterocycles. The number of nitrogens with one attached hydrogen (secondary N) is 1. The Hall–Kier alpha value is -3.42. The highest BCUT2D eigenvalue weighted by Gasteiger charge is 2.22. The highest BCUT2D eigenvalue weighted by atomic mass is 32.1. The zero-order chi connectivity index (χ0) is 23.9. The number of ether oxygens (including phenoxy) is 1. The van der Waals surface area contributed by atoms with Gasteiger partial charge in [0.05, 0.1) is 28.7 Å². The van der Waals surface area contributed by atoms with Crippen molar-refractivity contribution >= 4 is 23.1 Å². The molecule has 1 fully saturated rings. The van der Waals surface area contributed by atoms with Crippen LogP contribution in [0.5, 0.6) is 5.88 Å². The maximum absolute atomic E-state index is 13.0. The Bertz CT molecular complexity index is 1160. The van der Waals surface area contributed by atoms with Crippen LogP contribution in [0, 0.1) is 18.3 Å². The average Bonchev–Trinajstić information content (AvgIpc) is 3.21. The fourth-order valence-corrected chi connectivity index (χ4v) is 4.79. The van der Waals surface area contributed by atoms with Gasteiger partial charge in [-0.15, -0.1) is 0 Å². The highest BCUT2D eigenvalue weighted by Crippen LogP contribution is 2.24. The molecule has 3 aromatic heterocycles. The molecule has 4 rings (SSSR count). The van der Waals surface area contributed by atoms with Crippen LogP contribution in [0.15, 0.2) is 36.7 Å². The molecule has 0 aliphatic carbocycles. The first-order valence-corrected chi connectivity index (χ1v) is 11.9. The van der Waals surface area contributed by atoms with E-state index in [9.17, 15) is 9.18 Å². The van der Waals surface area contributed by atoms with Gasteiger partial charge in [0.2, 0.25) is 5.88 Å². The third-order valence-electron chi connectivity index (χ3n) is 5.60. The number of likely N-dealkylation sites (tertiary alicyclic amines) is 1. The number of carbonyl (C=O) groups is 1. The number of hydrogen-bond donors (Lipinski definition) is 1. The van der Waals surface area contributed by atoms with E-state index in [1.165, 1.54) is 17.7 Å². The van der Waals surface area contributed by atoms with Crippen LogP contribution in [0.25, 0.3) is 0 Å². The highest BCUT2D eigenvalue weighted by molar-refractivity contribution is 7.06. The molecule has 1 aliphatic heterocycles. The van der Waals surface area contributed by atoms with E-state index in [1.54, 1.807) is 37.4 Å². The SMILES string of the molecule is Cc1nsc(Cc2ccc(C#N)cn2)c1C(=O)Nc1ccc(OC2CCCN(CCF)C2)nc1. The molecule has 1 saturated heterocycles. The van der Waals surface area contributed by atoms with Crippen LogP contribution in [-0.4, -0.2) is 57.6 Å². The van der Waals surface area contributed by atoms with Crippen LogP contribution in [0.3, 0.4) is 0 Å². The van der Waals surface area contributed by atoms with Gasteiger partial charge in [-0.25, -0.2) is 9.37 Å². The van der Waals surface area contributed by atoms with E-state index >= 15 is 0 Å². The van der Waals surface area contributed by atoms with Gasteiger partial charge in [0, 0.05) is 42.3 Å². The van der Waals surface area contributed by atoms with Gasteiger partial charge in [0.1, 0.15) is 18.8 Å². The Kier molecular flexibility index (Phi) is 7.77. The summed E-state index contributed by atoms with van der Waals surface area (Å²) in [6.07, 6.45) is 5.38. The molecule has 3 aromatic rings. The normalized spacial score (nSPS) is 16.1. The van der Waals surface area contributed by atoms with Crippen molar-refractivity contribution in [3.63, 3.8) is 0 Å². The summed E-state index contributed by atoms with van der Waals surface area (Å²) in [4.78, 5) is 24.5. The molecule has 0 bridgehead atoms. The predicted octanol–water partition coefficient (Wildman–Crippen LogP) is 3.77. The number of anilines is 1. The number of halogens is 1. The second-order valence-corrected chi connectivity index (χ2v) is 8.96. The van der Waals surface area contributed by atoms with Gasteiger partial charge >= 0.3 is 0 Å². The van der Waals surface area contributed by atoms with Crippen molar-refractivity contribution < 1.29 is 13.9 Å². The molecule has 176 valence electrons. The van der Waals surface area contributed by atoms with Gasteiger partial charge in [0.25, 0.3) is 5.91 Å². The van der Waals surface area contributed by atoms with Crippen molar-refractivity contribution in [3.8, 4) is 11.9 Å². The second-order valence-electron chi connectivity index (χ2n) is 8.10. The number of aryl methyl sites for hydroxylation is 1. The maximum atomic E-state index is 13.0. The first-order chi connectivity index (χ1) is 16.6. The quantitative estimate of drug-likeness (QED) is 0.523. The van der Waals surface area contributed by atoms with Gasteiger partial charge in [-0.05, 0) is 56.0 Å². The Morgan fingerprint density at radius 3 is 2.91 bits per heavy atom. The Morgan fingerprint density at radius 1 is 1.32 bits per heavy atom. The van der Waals surface area contributed by atoms with Crippen molar-refractivity contribution in [2.75, 3.05) is 31.6 Å². The summed E-state index contributed by atoms with van der Waals surface area (Å²) in [6.45, 7) is 3.45. The van der Waals surface area contributed by atoms with Gasteiger partial charge in [-0.2, -0.15) is 9.64 Å². The first kappa shape index (κ1) is 23.7. The Labute approximate surface area is 201 Å². The van der Waals surface area contributed by atoms with E-state index in [0.29, 0.717) is 47.9 Å². The predicted molar refractivity (Wildman–Crippen MR) is 127 cm³/mol. The van der Waals surface area contributed by atoms with Crippen molar-refractivity contribution in [3.05, 3.63) is 64.1 Å². The van der Waals surface area contributed by atoms with Crippen LogP contribution in [0.4, 0.5) is 10.1 Å². The maximum Gasteiger partial charge on any atom is 0.258 e. The van der Waals surface area contributed by atoms with E-state index in [1.807, 2.05) is 6.07 Å². The van der Waals surface area contributed by atoms with Crippen LogP contribution in [0.1, 0.15) is 45.0 Å². The van der Waals surface area contributed by atoms with E-state index in [2.05, 4.69) is 24.6 Å². The molecule has 0 radical (unpaired) electrons. The Balaban J connectivity index is 1.38. The standard InChI is InChI=1S/C24H25FN6O2S/c1-16-23(21(34-30-16)11-18-5-4-17(12-26)13-27-18)24(32)29-19-6-7-22(28-14-19)33-20-3-2-9-31(15-20)10-8-25/h4-7,13-14,20H,2-3,8-11,15H2,1H3,(H,29,32). The minimum atomic E-state index is -0.357. The van der Waals surface area contributed by atoms with E-state index in [0.717, 1.165) is 30.0 Å². The zero-order valence-corrected chi connectivity index (χ0v) is 19.6. The molecule has 8 nitrogen and oxygen atoms in total. The number of nitrogens with zero attached hydrogens (tertiary/aromatic N) is 5. The van der Waals surface area contributed by atoms with Crippen molar-refractivity contribution in [2.45, 2.75) is 32.3 Å². The van der Waals surface area contributed by atoms with Crippen LogP contribution in [0.2, 0.25) is 0 Å². The summed E-state index contributed by atoms with van der Waals surface area (Å²) in [6, 6.07) is 9.01. The third-order valence-corrected chi connectivity index (χ3v) is 6.53. The molecular weight excluding hydrogens is 455 g/mol. The summed E-state index contributed by atoms with van der Waals surface area (Å²) >= 11 is 1.27. The third kappa shape index (κ3) is 5.92. The lowest BCUT2D eigenvalue weighted by atomic mass is 10.1. The summed E-state index contributed by atoms with van der Waals surface area (Å²) in [5, 5.41) is 11.8. The molecular formula is C24H25FN6O2S. The number of nitriles is 1. The minimum Gasteiger partial charge on any atom is -0.473 e. The summed E-state index contributed by atoms with van der Waals surface area (Å²) in [5.74, 6) is 0.213. The number of hydrogen-bond acceptors (Lipinski definition) is 8. The second kappa shape index (κ2) is 11.1.